The van der Waals surface area contributed by atoms with Gasteiger partial charge in [-0.2, -0.15) is 0 Å². The van der Waals surface area contributed by atoms with E-state index in [4.69, 9.17) is 5.11 Å². The van der Waals surface area contributed by atoms with Crippen LogP contribution in [0.2, 0.25) is 0 Å². The lowest BCUT2D eigenvalue weighted by Gasteiger charge is -2.02. The van der Waals surface area contributed by atoms with Gasteiger partial charge in [-0.3, -0.25) is 0 Å². The molecule has 68 valence electrons. The van der Waals surface area contributed by atoms with Crippen molar-refractivity contribution in [3.05, 3.63) is 40.4 Å². The molecule has 0 amide bonds. The third-order valence-electron chi connectivity index (χ3n) is 1.62. The molecule has 1 N–H and O–H groups in total. The first-order chi connectivity index (χ1) is 6.13. The third-order valence-corrected chi connectivity index (χ3v) is 2.02. The Kier molecular flexibility index (Phi) is 3.25. The number of carboxylic acid groups (broad SMARTS) is 1. The minimum Gasteiger partial charge on any atom is -0.478 e. The van der Waals surface area contributed by atoms with Crippen molar-refractivity contribution in [3.63, 3.8) is 0 Å². The number of carbonyl (C=O) groups is 1. The van der Waals surface area contributed by atoms with E-state index in [9.17, 15) is 4.79 Å². The van der Waals surface area contributed by atoms with E-state index in [1.165, 1.54) is 0 Å². The lowest BCUT2D eigenvalue weighted by atomic mass is 10.1. The van der Waals surface area contributed by atoms with Crippen molar-refractivity contribution in [1.82, 2.24) is 0 Å². The fraction of sp³-hybridized carbons (Fsp3) is 0.100. The van der Waals surface area contributed by atoms with Crippen LogP contribution >= 0.6 is 15.9 Å². The Morgan fingerprint density at radius 2 is 1.85 bits per heavy atom. The van der Waals surface area contributed by atoms with E-state index < -0.39 is 5.97 Å². The molecule has 0 saturated heterocycles. The number of hydrogen-bond acceptors (Lipinski definition) is 1. The third kappa shape index (κ3) is 2.42. The van der Waals surface area contributed by atoms with Crippen LogP contribution in [0.15, 0.2) is 34.8 Å². The molecule has 0 fully saturated rings. The summed E-state index contributed by atoms with van der Waals surface area (Å²) >= 11 is 3.18. The summed E-state index contributed by atoms with van der Waals surface area (Å²) < 4.78 is 0.631. The predicted octanol–water partition coefficient (Wildman–Crippen LogP) is 2.90. The van der Waals surface area contributed by atoms with E-state index in [2.05, 4.69) is 15.9 Å². The summed E-state index contributed by atoms with van der Waals surface area (Å²) in [5.41, 5.74) is 1.02. The maximum Gasteiger partial charge on any atom is 0.337 e. The van der Waals surface area contributed by atoms with Crippen LogP contribution in [0.5, 0.6) is 0 Å². The van der Waals surface area contributed by atoms with Crippen LogP contribution in [0, 0.1) is 0 Å². The van der Waals surface area contributed by atoms with Crippen LogP contribution < -0.4 is 0 Å². The van der Waals surface area contributed by atoms with Crippen LogP contribution in [-0.2, 0) is 4.79 Å². The van der Waals surface area contributed by atoms with Gasteiger partial charge in [0.05, 0.1) is 5.57 Å². The Morgan fingerprint density at radius 3 is 2.23 bits per heavy atom. The minimum absolute atomic E-state index is 0.306. The standard InChI is InChI=1S/C10H9BrO2/c1-7(11)9(10(12)13)8-5-3-2-4-6-8/h2-6H,1H3,(H,12,13)/b9-7-. The molecule has 3 heteroatoms. The minimum atomic E-state index is -0.916. The Bertz CT molecular complexity index is 337. The van der Waals surface area contributed by atoms with Gasteiger partial charge in [-0.15, -0.1) is 0 Å². The van der Waals surface area contributed by atoms with Gasteiger partial charge in [0.15, 0.2) is 0 Å². The van der Waals surface area contributed by atoms with Crippen molar-refractivity contribution in [2.75, 3.05) is 0 Å². The average molecular weight is 241 g/mol. The van der Waals surface area contributed by atoms with Crippen molar-refractivity contribution in [1.29, 1.82) is 0 Å². The first-order valence-electron chi connectivity index (χ1n) is 3.78. The molecule has 0 spiro atoms. The lowest BCUT2D eigenvalue weighted by Crippen LogP contribution is -2.00. The number of rotatable bonds is 2. The highest BCUT2D eigenvalue weighted by molar-refractivity contribution is 9.11. The van der Waals surface area contributed by atoms with Gasteiger partial charge < -0.3 is 5.11 Å². The molecule has 0 bridgehead atoms. The molecule has 1 rings (SSSR count). The molecule has 0 aliphatic heterocycles. The van der Waals surface area contributed by atoms with Crippen molar-refractivity contribution in [2.45, 2.75) is 6.92 Å². The van der Waals surface area contributed by atoms with Crippen LogP contribution in [0.3, 0.4) is 0 Å². The summed E-state index contributed by atoms with van der Waals surface area (Å²) in [6, 6.07) is 9.03. The van der Waals surface area contributed by atoms with Crippen molar-refractivity contribution in [3.8, 4) is 0 Å². The zero-order chi connectivity index (χ0) is 9.84. The highest BCUT2D eigenvalue weighted by Gasteiger charge is 2.11. The molecule has 2 nitrogen and oxygen atoms in total. The zero-order valence-electron chi connectivity index (χ0n) is 7.12. The molecular weight excluding hydrogens is 232 g/mol. The summed E-state index contributed by atoms with van der Waals surface area (Å²) in [6.07, 6.45) is 0. The number of aliphatic carboxylic acids is 1. The quantitative estimate of drug-likeness (QED) is 0.808. The highest BCUT2D eigenvalue weighted by Crippen LogP contribution is 2.22. The molecule has 13 heavy (non-hydrogen) atoms. The van der Waals surface area contributed by atoms with E-state index in [0.717, 1.165) is 0 Å². The van der Waals surface area contributed by atoms with Crippen LogP contribution in [-0.4, -0.2) is 11.1 Å². The van der Waals surface area contributed by atoms with E-state index in [0.29, 0.717) is 15.6 Å². The second-order valence-corrected chi connectivity index (χ2v) is 3.77. The molecule has 0 aliphatic carbocycles. The molecule has 0 aromatic heterocycles. The maximum atomic E-state index is 10.9. The molecular formula is C10H9BrO2. The number of carboxylic acids is 1. The normalized spacial score (nSPS) is 12.2. The van der Waals surface area contributed by atoms with Crippen molar-refractivity contribution in [2.24, 2.45) is 0 Å². The molecule has 0 radical (unpaired) electrons. The first kappa shape index (κ1) is 9.99. The van der Waals surface area contributed by atoms with Gasteiger partial charge in [0.25, 0.3) is 0 Å². The summed E-state index contributed by atoms with van der Waals surface area (Å²) in [7, 11) is 0. The second kappa shape index (κ2) is 4.23. The monoisotopic (exact) mass is 240 g/mol. The first-order valence-corrected chi connectivity index (χ1v) is 4.57. The number of hydrogen-bond donors (Lipinski definition) is 1. The summed E-state index contributed by atoms with van der Waals surface area (Å²) in [5, 5.41) is 8.91. The van der Waals surface area contributed by atoms with Gasteiger partial charge in [-0.25, -0.2) is 4.79 Å². The van der Waals surface area contributed by atoms with Crippen molar-refractivity contribution < 1.29 is 9.90 Å². The topological polar surface area (TPSA) is 37.3 Å². The van der Waals surface area contributed by atoms with E-state index in [-0.39, 0.29) is 0 Å². The van der Waals surface area contributed by atoms with Crippen LogP contribution in [0.25, 0.3) is 5.57 Å². The molecule has 0 heterocycles. The Hall–Kier alpha value is -1.09. The van der Waals surface area contributed by atoms with Crippen LogP contribution in [0.4, 0.5) is 0 Å². The molecule has 0 atom stereocenters. The fourth-order valence-electron chi connectivity index (χ4n) is 1.07. The maximum absolute atomic E-state index is 10.9. The molecule has 0 aliphatic rings. The Balaban J connectivity index is 3.20. The smallest absolute Gasteiger partial charge is 0.337 e. The van der Waals surface area contributed by atoms with Crippen LogP contribution in [0.1, 0.15) is 12.5 Å². The fourth-order valence-corrected chi connectivity index (χ4v) is 1.47. The predicted molar refractivity (Wildman–Crippen MR) is 55.6 cm³/mol. The summed E-state index contributed by atoms with van der Waals surface area (Å²) in [4.78, 5) is 10.9. The molecule has 1 aromatic carbocycles. The lowest BCUT2D eigenvalue weighted by molar-refractivity contribution is -0.130. The largest absolute Gasteiger partial charge is 0.478 e. The molecule has 0 unspecified atom stereocenters. The summed E-state index contributed by atoms with van der Waals surface area (Å²) in [5.74, 6) is -0.916. The van der Waals surface area contributed by atoms with Gasteiger partial charge in [-0.05, 0) is 12.5 Å². The number of benzene rings is 1. The van der Waals surface area contributed by atoms with Crippen molar-refractivity contribution >= 4 is 27.5 Å². The summed E-state index contributed by atoms with van der Waals surface area (Å²) in [6.45, 7) is 1.72. The van der Waals surface area contributed by atoms with E-state index in [1.807, 2.05) is 18.2 Å². The SMILES string of the molecule is C/C(Br)=C(/C(=O)O)c1ccccc1. The molecule has 0 saturated carbocycles. The second-order valence-electron chi connectivity index (χ2n) is 2.58. The van der Waals surface area contributed by atoms with Gasteiger partial charge >= 0.3 is 5.97 Å². The zero-order valence-corrected chi connectivity index (χ0v) is 8.71. The molecule has 1 aromatic rings. The van der Waals surface area contributed by atoms with Gasteiger partial charge in [0, 0.05) is 4.48 Å². The Labute approximate surface area is 85.0 Å². The average Bonchev–Trinajstić information content (AvgIpc) is 2.04. The van der Waals surface area contributed by atoms with Gasteiger partial charge in [0.2, 0.25) is 0 Å². The van der Waals surface area contributed by atoms with Gasteiger partial charge in [-0.1, -0.05) is 46.3 Å². The highest BCUT2D eigenvalue weighted by atomic mass is 79.9. The van der Waals surface area contributed by atoms with E-state index >= 15 is 0 Å². The van der Waals surface area contributed by atoms with E-state index in [1.54, 1.807) is 19.1 Å². The number of allylic oxidation sites excluding steroid dienone is 1. The van der Waals surface area contributed by atoms with Gasteiger partial charge in [0.1, 0.15) is 0 Å². The Morgan fingerprint density at radius 1 is 1.31 bits per heavy atom. The number of halogens is 1.